The highest BCUT2D eigenvalue weighted by Gasteiger charge is 2.45. The molecular weight excluding hydrogens is 456 g/mol. The molecule has 4 bridgehead atoms. The average Bonchev–Trinajstić information content (AvgIpc) is 2.86. The Morgan fingerprint density at radius 3 is 2.28 bits per heavy atom. The van der Waals surface area contributed by atoms with Crippen LogP contribution in [0.5, 0.6) is 0 Å². The first-order chi connectivity index (χ1) is 17.5. The highest BCUT2D eigenvalue weighted by Crippen LogP contribution is 2.47. The first-order valence-electron chi connectivity index (χ1n) is 13.7. The number of aliphatic carboxylic acids is 1. The molecule has 1 N–H and O–H groups in total. The zero-order valence-corrected chi connectivity index (χ0v) is 21.0. The maximum Gasteiger partial charge on any atom is 0.360 e. The molecule has 1 aromatic heterocycles. The van der Waals surface area contributed by atoms with Crippen LogP contribution in [0.15, 0.2) is 34.2 Å². The highest BCUT2D eigenvalue weighted by atomic mass is 16.6. The van der Waals surface area contributed by atoms with Gasteiger partial charge in [-0.25, -0.2) is 9.78 Å². The van der Waals surface area contributed by atoms with Gasteiger partial charge in [0.15, 0.2) is 5.69 Å². The molecular formula is C28H36N4O4. The summed E-state index contributed by atoms with van der Waals surface area (Å²) in [5.74, 6) is 0.465. The summed E-state index contributed by atoms with van der Waals surface area (Å²) in [5.41, 5.74) is 0.363. The Hall–Kier alpha value is -2.74. The normalized spacial score (nSPS) is 32.9. The van der Waals surface area contributed by atoms with Gasteiger partial charge in [-0.2, -0.15) is 0 Å². The molecule has 6 rings (SSSR count). The number of nitrogens with zero attached hydrogens (tertiary/aromatic N) is 4. The van der Waals surface area contributed by atoms with Crippen LogP contribution in [0.4, 0.5) is 0 Å². The minimum Gasteiger partial charge on any atom is -0.476 e. The third-order valence-corrected chi connectivity index (χ3v) is 9.30. The fourth-order valence-corrected chi connectivity index (χ4v) is 8.08. The summed E-state index contributed by atoms with van der Waals surface area (Å²) in [4.78, 5) is 37.8. The van der Waals surface area contributed by atoms with E-state index in [1.165, 1.54) is 64.9 Å². The van der Waals surface area contributed by atoms with Crippen molar-refractivity contribution in [1.29, 1.82) is 0 Å². The monoisotopic (exact) mass is 492 g/mol. The molecule has 6 atom stereocenters. The number of carboxylic acid groups (broad SMARTS) is 1. The zero-order valence-electron chi connectivity index (χ0n) is 21.0. The molecule has 4 fully saturated rings. The molecule has 1 aromatic carbocycles. The molecule has 1 unspecified atom stereocenters. The number of hydrogen-bond acceptors (Lipinski definition) is 6. The summed E-state index contributed by atoms with van der Waals surface area (Å²) in [7, 11) is 1.28. The van der Waals surface area contributed by atoms with Crippen LogP contribution >= 0.6 is 0 Å². The van der Waals surface area contributed by atoms with Crippen LogP contribution in [0.25, 0.3) is 11.0 Å². The number of carbonyl (C=O) groups is 1. The van der Waals surface area contributed by atoms with Crippen LogP contribution < -0.4 is 5.56 Å². The lowest BCUT2D eigenvalue weighted by molar-refractivity contribution is -0.129. The first kappa shape index (κ1) is 23.6. The molecule has 2 aliphatic heterocycles. The van der Waals surface area contributed by atoms with E-state index in [0.29, 0.717) is 23.6 Å². The van der Waals surface area contributed by atoms with Crippen molar-refractivity contribution in [2.45, 2.75) is 94.8 Å². The second-order valence-corrected chi connectivity index (χ2v) is 11.4. The topological polar surface area (TPSA) is 97.0 Å². The second-order valence-electron chi connectivity index (χ2n) is 11.4. The van der Waals surface area contributed by atoms with Crippen molar-refractivity contribution in [2.75, 3.05) is 7.11 Å². The molecule has 2 aromatic rings. The first-order valence-corrected chi connectivity index (χ1v) is 13.7. The van der Waals surface area contributed by atoms with E-state index in [1.807, 2.05) is 28.8 Å². The zero-order chi connectivity index (χ0) is 24.8. The molecule has 36 heavy (non-hydrogen) atoms. The number of benzene rings is 1. The van der Waals surface area contributed by atoms with Gasteiger partial charge in [-0.05, 0) is 68.9 Å². The van der Waals surface area contributed by atoms with Gasteiger partial charge < -0.3 is 14.5 Å². The Kier molecular flexibility index (Phi) is 6.32. The number of oxime groups is 1. The Morgan fingerprint density at radius 2 is 1.61 bits per heavy atom. The van der Waals surface area contributed by atoms with Gasteiger partial charge in [0.2, 0.25) is 5.71 Å². The number of aromatic nitrogens is 2. The summed E-state index contributed by atoms with van der Waals surface area (Å²) >= 11 is 0. The van der Waals surface area contributed by atoms with Crippen LogP contribution in [0.2, 0.25) is 0 Å². The molecule has 2 saturated carbocycles. The van der Waals surface area contributed by atoms with Gasteiger partial charge >= 0.3 is 5.97 Å². The van der Waals surface area contributed by atoms with Crippen LogP contribution in [-0.2, 0) is 9.63 Å². The highest BCUT2D eigenvalue weighted by molar-refractivity contribution is 6.41. The Bertz CT molecular complexity index is 1210. The van der Waals surface area contributed by atoms with Gasteiger partial charge in [0.25, 0.3) is 5.56 Å². The largest absolute Gasteiger partial charge is 0.476 e. The number of rotatable bonds is 5. The van der Waals surface area contributed by atoms with Gasteiger partial charge in [-0.3, -0.25) is 9.69 Å². The standard InChI is InChI=1S/C28H36N4O4/c1-36-30-26(28(34)35)25-27(33)32(24-11-3-2-10-23(24)29-25)22-15-19-8-5-9-20(16-22)31(19)21-13-17-6-4-7-18(12-17)14-21/h2-3,10-11,17-22H,4-9,12-16H2,1H3,(H,34,35)/b30-26-/t17-,18+,19-,20+,21?,22+. The number of fused-ring (bicyclic) bond motifs is 5. The van der Waals surface area contributed by atoms with E-state index in [-0.39, 0.29) is 11.7 Å². The predicted molar refractivity (Wildman–Crippen MR) is 137 cm³/mol. The lowest BCUT2D eigenvalue weighted by Gasteiger charge is -2.55. The number of piperidine rings is 2. The van der Waals surface area contributed by atoms with Gasteiger partial charge in [0.1, 0.15) is 7.11 Å². The molecule has 192 valence electrons. The van der Waals surface area contributed by atoms with E-state index in [9.17, 15) is 14.7 Å². The number of hydrogen-bond donors (Lipinski definition) is 1. The van der Waals surface area contributed by atoms with E-state index in [4.69, 9.17) is 4.84 Å². The predicted octanol–water partition coefficient (Wildman–Crippen LogP) is 4.36. The van der Waals surface area contributed by atoms with Crippen molar-refractivity contribution < 1.29 is 14.7 Å². The van der Waals surface area contributed by atoms with Crippen molar-refractivity contribution in [3.63, 3.8) is 0 Å². The van der Waals surface area contributed by atoms with Crippen LogP contribution in [0.1, 0.15) is 82.4 Å². The number of para-hydroxylation sites is 2. The second kappa shape index (κ2) is 9.61. The molecule has 2 saturated heterocycles. The van der Waals surface area contributed by atoms with Gasteiger partial charge in [0.05, 0.1) is 11.0 Å². The van der Waals surface area contributed by atoms with Gasteiger partial charge in [-0.15, -0.1) is 0 Å². The summed E-state index contributed by atoms with van der Waals surface area (Å²) in [5, 5.41) is 13.4. The van der Waals surface area contributed by atoms with E-state index in [1.54, 1.807) is 0 Å². The third-order valence-electron chi connectivity index (χ3n) is 9.30. The van der Waals surface area contributed by atoms with Crippen molar-refractivity contribution in [1.82, 2.24) is 14.5 Å². The summed E-state index contributed by atoms with van der Waals surface area (Å²) in [6, 6.07) is 9.16. The fraction of sp³-hybridized carbons (Fsp3) is 0.643. The van der Waals surface area contributed by atoms with Gasteiger partial charge in [-0.1, -0.05) is 43.0 Å². The lowest BCUT2D eigenvalue weighted by Crippen LogP contribution is -2.58. The minimum absolute atomic E-state index is 0.0105. The Labute approximate surface area is 211 Å². The minimum atomic E-state index is -1.32. The molecule has 0 radical (unpaired) electrons. The summed E-state index contributed by atoms with van der Waals surface area (Å²) in [6.07, 6.45) is 13.7. The van der Waals surface area contributed by atoms with E-state index in [2.05, 4.69) is 15.0 Å². The van der Waals surface area contributed by atoms with E-state index in [0.717, 1.165) is 30.2 Å². The molecule has 0 spiro atoms. The fourth-order valence-electron chi connectivity index (χ4n) is 8.08. The summed E-state index contributed by atoms with van der Waals surface area (Å²) in [6.45, 7) is 0. The van der Waals surface area contributed by atoms with Crippen molar-refractivity contribution in [3.05, 3.63) is 40.3 Å². The van der Waals surface area contributed by atoms with E-state index < -0.39 is 17.2 Å². The van der Waals surface area contributed by atoms with Crippen LogP contribution in [0.3, 0.4) is 0 Å². The van der Waals surface area contributed by atoms with Crippen LogP contribution in [0, 0.1) is 11.8 Å². The van der Waals surface area contributed by atoms with Gasteiger partial charge in [0, 0.05) is 24.2 Å². The average molecular weight is 493 g/mol. The SMILES string of the molecule is CO/N=C(\C(=O)O)c1nc2ccccc2n([C@H]2C[C@H]3CCC[C@@H](C2)N3C2C[C@H]3CCC[C@@H](C2)C3)c1=O. The lowest BCUT2D eigenvalue weighted by atomic mass is 9.68. The third kappa shape index (κ3) is 4.13. The van der Waals surface area contributed by atoms with E-state index >= 15 is 0 Å². The molecule has 3 heterocycles. The molecule has 8 heteroatoms. The Balaban J connectivity index is 1.37. The molecule has 8 nitrogen and oxygen atoms in total. The molecule has 4 aliphatic rings. The van der Waals surface area contributed by atoms with Crippen molar-refractivity contribution in [3.8, 4) is 0 Å². The maximum absolute atomic E-state index is 13.8. The number of carboxylic acids is 1. The van der Waals surface area contributed by atoms with Crippen molar-refractivity contribution >= 4 is 22.7 Å². The summed E-state index contributed by atoms with van der Waals surface area (Å²) < 4.78 is 1.82. The Morgan fingerprint density at radius 1 is 0.944 bits per heavy atom. The molecule has 2 aliphatic carbocycles. The van der Waals surface area contributed by atoms with Crippen LogP contribution in [-0.4, -0.2) is 56.5 Å². The smallest absolute Gasteiger partial charge is 0.360 e. The van der Waals surface area contributed by atoms with Crippen molar-refractivity contribution in [2.24, 2.45) is 17.0 Å². The quantitative estimate of drug-likeness (QED) is 0.492. The molecule has 0 amide bonds. The maximum atomic E-state index is 13.8.